The fourth-order valence-electron chi connectivity index (χ4n) is 3.14. The first kappa shape index (κ1) is 16.8. The van der Waals surface area contributed by atoms with Crippen molar-refractivity contribution in [2.24, 2.45) is 0 Å². The lowest BCUT2D eigenvalue weighted by Crippen LogP contribution is -2.17. The molecule has 1 aromatic heterocycles. The largest absolute Gasteiger partial charge is 0.464 e. The zero-order valence-electron chi connectivity index (χ0n) is 15.4. The summed E-state index contributed by atoms with van der Waals surface area (Å²) in [6.45, 7) is 10.7. The highest BCUT2D eigenvalue weighted by Gasteiger charge is 2.13. The Kier molecular flexibility index (Phi) is 4.51. The zero-order valence-corrected chi connectivity index (χ0v) is 15.4. The third kappa shape index (κ3) is 3.54. The molecule has 0 aliphatic carbocycles. The van der Waals surface area contributed by atoms with E-state index in [1.165, 1.54) is 27.6 Å². The van der Waals surface area contributed by atoms with Crippen LogP contribution in [0.1, 0.15) is 43.0 Å². The molecule has 0 atom stereocenters. The van der Waals surface area contributed by atoms with Gasteiger partial charge in [0.05, 0.1) is 6.26 Å². The van der Waals surface area contributed by atoms with Crippen LogP contribution in [-0.2, 0) is 18.5 Å². The van der Waals surface area contributed by atoms with E-state index < -0.39 is 0 Å². The minimum absolute atomic E-state index is 0.206. The molecule has 0 unspecified atom stereocenters. The van der Waals surface area contributed by atoms with Gasteiger partial charge in [-0.15, -0.1) is 0 Å². The van der Waals surface area contributed by atoms with Gasteiger partial charge in [-0.1, -0.05) is 63.2 Å². The second-order valence-electron chi connectivity index (χ2n) is 7.83. The van der Waals surface area contributed by atoms with Crippen LogP contribution in [0.15, 0.2) is 53.1 Å². The molecule has 0 saturated heterocycles. The summed E-state index contributed by atoms with van der Waals surface area (Å²) < 4.78 is 5.76. The molecule has 0 bridgehead atoms. The highest BCUT2D eigenvalue weighted by atomic mass is 16.3. The van der Waals surface area contributed by atoms with Crippen LogP contribution < -0.4 is 0 Å². The molecule has 2 nitrogen and oxygen atoms in total. The summed E-state index contributed by atoms with van der Waals surface area (Å²) >= 11 is 0. The van der Waals surface area contributed by atoms with Crippen molar-refractivity contribution >= 4 is 11.0 Å². The van der Waals surface area contributed by atoms with Crippen molar-refractivity contribution in [3.63, 3.8) is 0 Å². The summed E-state index contributed by atoms with van der Waals surface area (Å²) in [6.07, 6.45) is 1.85. The second kappa shape index (κ2) is 6.45. The second-order valence-corrected chi connectivity index (χ2v) is 7.83. The van der Waals surface area contributed by atoms with Crippen molar-refractivity contribution < 1.29 is 4.42 Å². The summed E-state index contributed by atoms with van der Waals surface area (Å²) in [5.74, 6) is 0. The number of benzene rings is 2. The number of furan rings is 1. The molecule has 0 amide bonds. The SMILES string of the molecule is Cc1coc2c(CN(C)Cc3ccc(C(C)(C)C)cc3)cccc12. The molecular weight excluding hydrogens is 294 g/mol. The Morgan fingerprint density at radius 2 is 1.67 bits per heavy atom. The number of para-hydroxylation sites is 1. The quantitative estimate of drug-likeness (QED) is 0.615. The summed E-state index contributed by atoms with van der Waals surface area (Å²) in [6, 6.07) is 15.4. The third-order valence-electron chi connectivity index (χ3n) is 4.59. The van der Waals surface area contributed by atoms with E-state index in [1.807, 2.05) is 6.26 Å². The van der Waals surface area contributed by atoms with Gasteiger partial charge in [-0.25, -0.2) is 0 Å². The highest BCUT2D eigenvalue weighted by Crippen LogP contribution is 2.25. The summed E-state index contributed by atoms with van der Waals surface area (Å²) in [7, 11) is 2.16. The van der Waals surface area contributed by atoms with Crippen molar-refractivity contribution in [1.29, 1.82) is 0 Å². The van der Waals surface area contributed by atoms with Crippen molar-refractivity contribution in [1.82, 2.24) is 4.90 Å². The lowest BCUT2D eigenvalue weighted by atomic mass is 9.87. The predicted molar refractivity (Wildman–Crippen MR) is 101 cm³/mol. The number of aryl methyl sites for hydroxylation is 1. The summed E-state index contributed by atoms with van der Waals surface area (Å²) in [4.78, 5) is 2.33. The average molecular weight is 321 g/mol. The summed E-state index contributed by atoms with van der Waals surface area (Å²) in [5.41, 5.74) is 6.39. The fraction of sp³-hybridized carbons (Fsp3) is 0.364. The highest BCUT2D eigenvalue weighted by molar-refractivity contribution is 5.83. The maximum Gasteiger partial charge on any atom is 0.138 e. The number of hydrogen-bond donors (Lipinski definition) is 0. The van der Waals surface area contributed by atoms with Gasteiger partial charge in [0, 0.05) is 24.0 Å². The topological polar surface area (TPSA) is 16.4 Å². The molecule has 0 radical (unpaired) electrons. The Balaban J connectivity index is 1.72. The Hall–Kier alpha value is -2.06. The Labute approximate surface area is 145 Å². The van der Waals surface area contributed by atoms with Gasteiger partial charge in [-0.2, -0.15) is 0 Å². The Morgan fingerprint density at radius 3 is 2.33 bits per heavy atom. The normalized spacial score (nSPS) is 12.2. The smallest absolute Gasteiger partial charge is 0.138 e. The van der Waals surface area contributed by atoms with Gasteiger partial charge in [0.15, 0.2) is 0 Å². The van der Waals surface area contributed by atoms with E-state index in [0.717, 1.165) is 18.7 Å². The average Bonchev–Trinajstić information content (AvgIpc) is 2.90. The fourth-order valence-corrected chi connectivity index (χ4v) is 3.14. The van der Waals surface area contributed by atoms with E-state index >= 15 is 0 Å². The first-order valence-electron chi connectivity index (χ1n) is 8.58. The first-order valence-corrected chi connectivity index (χ1v) is 8.58. The molecule has 2 aromatic carbocycles. The molecule has 0 saturated carbocycles. The van der Waals surface area contributed by atoms with Gasteiger partial charge in [0.2, 0.25) is 0 Å². The molecule has 1 heterocycles. The van der Waals surface area contributed by atoms with Crippen LogP contribution in [0.3, 0.4) is 0 Å². The monoisotopic (exact) mass is 321 g/mol. The predicted octanol–water partition coefficient (Wildman–Crippen LogP) is 5.67. The van der Waals surface area contributed by atoms with Gasteiger partial charge in [-0.05, 0) is 36.1 Å². The Bertz CT molecular complexity index is 821. The maximum atomic E-state index is 5.76. The van der Waals surface area contributed by atoms with Crippen molar-refractivity contribution in [3.05, 3.63) is 71.0 Å². The molecular formula is C22H27NO. The van der Waals surface area contributed by atoms with E-state index in [-0.39, 0.29) is 5.41 Å². The van der Waals surface area contributed by atoms with Crippen molar-refractivity contribution in [3.8, 4) is 0 Å². The number of rotatable bonds is 4. The van der Waals surface area contributed by atoms with E-state index in [1.54, 1.807) is 0 Å². The van der Waals surface area contributed by atoms with E-state index in [4.69, 9.17) is 4.42 Å². The van der Waals surface area contributed by atoms with Crippen LogP contribution >= 0.6 is 0 Å². The van der Waals surface area contributed by atoms with Crippen LogP contribution in [0.4, 0.5) is 0 Å². The van der Waals surface area contributed by atoms with Crippen LogP contribution in [-0.4, -0.2) is 11.9 Å². The zero-order chi connectivity index (χ0) is 17.3. The molecule has 2 heteroatoms. The summed E-state index contributed by atoms with van der Waals surface area (Å²) in [5, 5.41) is 1.22. The molecule has 3 rings (SSSR count). The Morgan fingerprint density at radius 1 is 0.958 bits per heavy atom. The van der Waals surface area contributed by atoms with Crippen molar-refractivity contribution in [2.75, 3.05) is 7.05 Å². The molecule has 0 N–H and O–H groups in total. The van der Waals surface area contributed by atoms with E-state index in [2.05, 4.69) is 82.1 Å². The van der Waals surface area contributed by atoms with Gasteiger partial charge in [-0.3, -0.25) is 4.90 Å². The number of fused-ring (bicyclic) bond motifs is 1. The first-order chi connectivity index (χ1) is 11.3. The molecule has 126 valence electrons. The third-order valence-corrected chi connectivity index (χ3v) is 4.59. The molecule has 0 fully saturated rings. The maximum absolute atomic E-state index is 5.76. The number of hydrogen-bond acceptors (Lipinski definition) is 2. The van der Waals surface area contributed by atoms with Gasteiger partial charge >= 0.3 is 0 Å². The molecule has 3 aromatic rings. The lowest BCUT2D eigenvalue weighted by molar-refractivity contribution is 0.318. The van der Waals surface area contributed by atoms with Gasteiger partial charge < -0.3 is 4.42 Å². The van der Waals surface area contributed by atoms with Gasteiger partial charge in [0.25, 0.3) is 0 Å². The molecule has 0 aliphatic rings. The lowest BCUT2D eigenvalue weighted by Gasteiger charge is -2.21. The van der Waals surface area contributed by atoms with Crippen LogP contribution in [0.5, 0.6) is 0 Å². The molecule has 0 spiro atoms. The van der Waals surface area contributed by atoms with Crippen LogP contribution in [0.2, 0.25) is 0 Å². The number of nitrogens with zero attached hydrogens (tertiary/aromatic N) is 1. The van der Waals surface area contributed by atoms with E-state index in [0.29, 0.717) is 0 Å². The van der Waals surface area contributed by atoms with Gasteiger partial charge in [0.1, 0.15) is 5.58 Å². The van der Waals surface area contributed by atoms with Crippen LogP contribution in [0, 0.1) is 6.92 Å². The minimum atomic E-state index is 0.206. The standard InChI is InChI=1S/C22H27NO/c1-16-15-24-21-18(7-6-8-20(16)21)14-23(5)13-17-9-11-19(12-10-17)22(2,3)4/h6-12,15H,13-14H2,1-5H3. The van der Waals surface area contributed by atoms with E-state index in [9.17, 15) is 0 Å². The molecule has 0 aliphatic heterocycles. The van der Waals surface area contributed by atoms with Crippen molar-refractivity contribution in [2.45, 2.75) is 46.2 Å². The minimum Gasteiger partial charge on any atom is -0.464 e. The molecule has 24 heavy (non-hydrogen) atoms. The van der Waals surface area contributed by atoms with Crippen LogP contribution in [0.25, 0.3) is 11.0 Å².